The molecule has 4 nitrogen and oxygen atoms in total. The molecule has 26 heavy (non-hydrogen) atoms. The molecule has 0 fully saturated rings. The van der Waals surface area contributed by atoms with Gasteiger partial charge in [-0.3, -0.25) is 9.59 Å². The fourth-order valence-corrected chi connectivity index (χ4v) is 2.97. The smallest absolute Gasteiger partial charge is 0.255 e. The molecule has 0 aliphatic carbocycles. The van der Waals surface area contributed by atoms with Gasteiger partial charge in [0.05, 0.1) is 0 Å². The predicted octanol–water partition coefficient (Wildman–Crippen LogP) is 5.40. The highest BCUT2D eigenvalue weighted by Gasteiger charge is 2.08. The van der Waals surface area contributed by atoms with Crippen LogP contribution in [0.1, 0.15) is 20.7 Å². The molecule has 6 heteroatoms. The first kappa shape index (κ1) is 18.8. The zero-order valence-electron chi connectivity index (χ0n) is 13.5. The molecule has 0 aliphatic rings. The Kier molecular flexibility index (Phi) is 6.25. The number of halogens is 2. The number of hydrogen-bond acceptors (Lipinski definition) is 2. The standard InChI is InChI=1S/C20H14I2N2O2/c21-15-5-1-13(2-6-15)19(25)23-17-9-11-18(12-10-17)24-20(26)14-3-7-16(22)8-4-14/h1-12H,(H,23,25)(H,24,26). The van der Waals surface area contributed by atoms with Gasteiger partial charge in [0.2, 0.25) is 0 Å². The van der Waals surface area contributed by atoms with Gasteiger partial charge in [-0.05, 0) is 118 Å². The number of nitrogens with one attached hydrogen (secondary N) is 2. The van der Waals surface area contributed by atoms with Crippen molar-refractivity contribution in [3.63, 3.8) is 0 Å². The SMILES string of the molecule is O=C(Nc1ccc(NC(=O)c2ccc(I)cc2)cc1)c1ccc(I)cc1. The summed E-state index contributed by atoms with van der Waals surface area (Å²) < 4.78 is 2.15. The highest BCUT2D eigenvalue weighted by Crippen LogP contribution is 2.16. The number of hydrogen-bond donors (Lipinski definition) is 2. The lowest BCUT2D eigenvalue weighted by Gasteiger charge is -2.08. The summed E-state index contributed by atoms with van der Waals surface area (Å²) in [5, 5.41) is 5.68. The van der Waals surface area contributed by atoms with Gasteiger partial charge in [0, 0.05) is 29.6 Å². The second-order valence-corrected chi connectivity index (χ2v) is 7.99. The zero-order valence-corrected chi connectivity index (χ0v) is 17.8. The Hall–Kier alpha value is -1.94. The maximum absolute atomic E-state index is 12.2. The van der Waals surface area contributed by atoms with Crippen molar-refractivity contribution in [3.05, 3.63) is 91.1 Å². The molecule has 0 saturated heterocycles. The van der Waals surface area contributed by atoms with E-state index in [9.17, 15) is 9.59 Å². The first-order valence-corrected chi connectivity index (χ1v) is 9.91. The Bertz CT molecular complexity index is 843. The second kappa shape index (κ2) is 8.63. The van der Waals surface area contributed by atoms with E-state index in [1.54, 1.807) is 48.5 Å². The van der Waals surface area contributed by atoms with Crippen LogP contribution < -0.4 is 10.6 Å². The average Bonchev–Trinajstić information content (AvgIpc) is 2.64. The molecule has 0 unspecified atom stereocenters. The van der Waals surface area contributed by atoms with E-state index in [0.29, 0.717) is 22.5 Å². The Morgan fingerprint density at radius 1 is 0.538 bits per heavy atom. The van der Waals surface area contributed by atoms with Crippen LogP contribution in [-0.2, 0) is 0 Å². The number of carbonyl (C=O) groups excluding carboxylic acids is 2. The van der Waals surface area contributed by atoms with Gasteiger partial charge in [0.1, 0.15) is 0 Å². The van der Waals surface area contributed by atoms with Crippen LogP contribution in [-0.4, -0.2) is 11.8 Å². The normalized spacial score (nSPS) is 10.2. The minimum atomic E-state index is -0.169. The molecule has 130 valence electrons. The summed E-state index contributed by atoms with van der Waals surface area (Å²) in [5.74, 6) is -0.339. The molecule has 0 saturated carbocycles. The van der Waals surface area contributed by atoms with E-state index < -0.39 is 0 Å². The van der Waals surface area contributed by atoms with Crippen LogP contribution in [0.25, 0.3) is 0 Å². The number of anilines is 2. The van der Waals surface area contributed by atoms with Crippen molar-refractivity contribution in [2.75, 3.05) is 10.6 Å². The number of benzene rings is 3. The molecule has 0 atom stereocenters. The summed E-state index contributed by atoms with van der Waals surface area (Å²) in [6, 6.07) is 21.7. The number of carbonyl (C=O) groups is 2. The second-order valence-electron chi connectivity index (χ2n) is 5.50. The maximum Gasteiger partial charge on any atom is 0.255 e. The summed E-state index contributed by atoms with van der Waals surface area (Å²) in [6.07, 6.45) is 0. The van der Waals surface area contributed by atoms with Gasteiger partial charge < -0.3 is 10.6 Å². The summed E-state index contributed by atoms with van der Waals surface area (Å²) >= 11 is 4.39. The van der Waals surface area contributed by atoms with Crippen molar-refractivity contribution < 1.29 is 9.59 Å². The summed E-state index contributed by atoms with van der Waals surface area (Å²) in [5.41, 5.74) is 2.53. The van der Waals surface area contributed by atoms with E-state index in [-0.39, 0.29) is 11.8 Å². The third-order valence-electron chi connectivity index (χ3n) is 3.61. The van der Waals surface area contributed by atoms with Gasteiger partial charge in [-0.15, -0.1) is 0 Å². The van der Waals surface area contributed by atoms with Gasteiger partial charge in [0.15, 0.2) is 0 Å². The van der Waals surface area contributed by atoms with Crippen molar-refractivity contribution in [1.82, 2.24) is 0 Å². The first-order chi connectivity index (χ1) is 12.5. The minimum Gasteiger partial charge on any atom is -0.322 e. The molecule has 3 aromatic rings. The molecular weight excluding hydrogens is 554 g/mol. The molecule has 2 amide bonds. The third kappa shape index (κ3) is 5.04. The van der Waals surface area contributed by atoms with Crippen molar-refractivity contribution >= 4 is 68.4 Å². The van der Waals surface area contributed by atoms with E-state index in [0.717, 1.165) is 7.14 Å². The largest absolute Gasteiger partial charge is 0.322 e. The Balaban J connectivity index is 1.62. The first-order valence-electron chi connectivity index (χ1n) is 7.75. The average molecular weight is 568 g/mol. The van der Waals surface area contributed by atoms with Crippen LogP contribution in [0.15, 0.2) is 72.8 Å². The van der Waals surface area contributed by atoms with Crippen LogP contribution in [0.5, 0.6) is 0 Å². The minimum absolute atomic E-state index is 0.169. The zero-order chi connectivity index (χ0) is 18.5. The Labute approximate surface area is 178 Å². The van der Waals surface area contributed by atoms with Gasteiger partial charge in [-0.1, -0.05) is 0 Å². The van der Waals surface area contributed by atoms with Crippen molar-refractivity contribution in [2.45, 2.75) is 0 Å². The fraction of sp³-hybridized carbons (Fsp3) is 0. The summed E-state index contributed by atoms with van der Waals surface area (Å²) in [6.45, 7) is 0. The van der Waals surface area contributed by atoms with E-state index in [2.05, 4.69) is 55.8 Å². The summed E-state index contributed by atoms with van der Waals surface area (Å²) in [4.78, 5) is 24.4. The highest BCUT2D eigenvalue weighted by atomic mass is 127. The van der Waals surface area contributed by atoms with Gasteiger partial charge in [-0.25, -0.2) is 0 Å². The quantitative estimate of drug-likeness (QED) is 0.415. The Morgan fingerprint density at radius 3 is 1.15 bits per heavy atom. The molecule has 0 aromatic heterocycles. The van der Waals surface area contributed by atoms with Gasteiger partial charge in [-0.2, -0.15) is 0 Å². The van der Waals surface area contributed by atoms with E-state index in [1.165, 1.54) is 0 Å². The van der Waals surface area contributed by atoms with Gasteiger partial charge in [0.25, 0.3) is 11.8 Å². The molecule has 3 aromatic carbocycles. The van der Waals surface area contributed by atoms with E-state index in [1.807, 2.05) is 24.3 Å². The molecule has 0 aliphatic heterocycles. The lowest BCUT2D eigenvalue weighted by Crippen LogP contribution is -2.13. The van der Waals surface area contributed by atoms with E-state index >= 15 is 0 Å². The van der Waals surface area contributed by atoms with Crippen LogP contribution in [0, 0.1) is 7.14 Å². The predicted molar refractivity (Wildman–Crippen MR) is 121 cm³/mol. The van der Waals surface area contributed by atoms with Crippen molar-refractivity contribution in [3.8, 4) is 0 Å². The Morgan fingerprint density at radius 2 is 0.846 bits per heavy atom. The van der Waals surface area contributed by atoms with Gasteiger partial charge >= 0.3 is 0 Å². The molecule has 0 bridgehead atoms. The monoisotopic (exact) mass is 568 g/mol. The molecule has 0 spiro atoms. The maximum atomic E-state index is 12.2. The third-order valence-corrected chi connectivity index (χ3v) is 5.05. The highest BCUT2D eigenvalue weighted by molar-refractivity contribution is 14.1. The van der Waals surface area contributed by atoms with E-state index in [4.69, 9.17) is 0 Å². The van der Waals surface area contributed by atoms with Crippen LogP contribution in [0.2, 0.25) is 0 Å². The van der Waals surface area contributed by atoms with Crippen molar-refractivity contribution in [2.24, 2.45) is 0 Å². The van der Waals surface area contributed by atoms with Crippen LogP contribution >= 0.6 is 45.2 Å². The molecule has 0 heterocycles. The summed E-state index contributed by atoms with van der Waals surface area (Å²) in [7, 11) is 0. The lowest BCUT2D eigenvalue weighted by atomic mass is 10.2. The molecular formula is C20H14I2N2O2. The lowest BCUT2D eigenvalue weighted by molar-refractivity contribution is 0.101. The van der Waals surface area contributed by atoms with Crippen LogP contribution in [0.4, 0.5) is 11.4 Å². The van der Waals surface area contributed by atoms with Crippen molar-refractivity contribution in [1.29, 1.82) is 0 Å². The molecule has 0 radical (unpaired) electrons. The van der Waals surface area contributed by atoms with Crippen LogP contribution in [0.3, 0.4) is 0 Å². The molecule has 3 rings (SSSR count). The topological polar surface area (TPSA) is 58.2 Å². The number of amides is 2. The number of rotatable bonds is 4. The molecule has 2 N–H and O–H groups in total. The fourth-order valence-electron chi connectivity index (χ4n) is 2.25.